The molecule has 0 aromatic rings. The highest BCUT2D eigenvalue weighted by Crippen LogP contribution is 2.42. The Kier molecular flexibility index (Phi) is 1.48. The van der Waals surface area contributed by atoms with Gasteiger partial charge in [0.1, 0.15) is 0 Å². The molecule has 0 aromatic carbocycles. The van der Waals surface area contributed by atoms with Crippen LogP contribution in [0.15, 0.2) is 0 Å². The van der Waals surface area contributed by atoms with E-state index < -0.39 is 0 Å². The van der Waals surface area contributed by atoms with Crippen LogP contribution < -0.4 is 0 Å². The Morgan fingerprint density at radius 3 is 1.90 bits per heavy atom. The van der Waals surface area contributed by atoms with Crippen LogP contribution in [0.1, 0.15) is 25.7 Å². The zero-order valence-electron chi connectivity index (χ0n) is 6.60. The van der Waals surface area contributed by atoms with Crippen molar-refractivity contribution in [2.45, 2.75) is 25.7 Å². The average molecular weight is 138 g/mol. The van der Waals surface area contributed by atoms with E-state index >= 15 is 0 Å². The summed E-state index contributed by atoms with van der Waals surface area (Å²) in [5, 5.41) is 0. The minimum absolute atomic E-state index is 0.675. The van der Waals surface area contributed by atoms with Gasteiger partial charge in [0, 0.05) is 0 Å². The first-order valence-corrected chi connectivity index (χ1v) is 4.36. The summed E-state index contributed by atoms with van der Waals surface area (Å²) in [5.41, 5.74) is 0.675. The summed E-state index contributed by atoms with van der Waals surface area (Å²) >= 11 is 0. The third-order valence-electron chi connectivity index (χ3n) is 3.41. The molecule has 3 aliphatic heterocycles. The zero-order valence-corrected chi connectivity index (χ0v) is 6.60. The van der Waals surface area contributed by atoms with Gasteiger partial charge in [0.05, 0.1) is 0 Å². The van der Waals surface area contributed by atoms with Crippen molar-refractivity contribution in [1.82, 2.24) is 4.90 Å². The van der Waals surface area contributed by atoms with Gasteiger partial charge in [0.25, 0.3) is 0 Å². The van der Waals surface area contributed by atoms with Gasteiger partial charge >= 0.3 is 0 Å². The normalized spacial score (nSPS) is 45.9. The van der Waals surface area contributed by atoms with Crippen LogP contribution in [-0.4, -0.2) is 24.5 Å². The van der Waals surface area contributed by atoms with Gasteiger partial charge in [-0.2, -0.15) is 0 Å². The van der Waals surface area contributed by atoms with Crippen molar-refractivity contribution in [2.75, 3.05) is 19.6 Å². The molecule has 3 saturated heterocycles. The topological polar surface area (TPSA) is 3.24 Å². The second-order valence-electron chi connectivity index (χ2n) is 3.84. The van der Waals surface area contributed by atoms with Gasteiger partial charge in [-0.25, -0.2) is 0 Å². The molecule has 3 rings (SSSR count). The highest BCUT2D eigenvalue weighted by molar-refractivity contribution is 4.92. The van der Waals surface area contributed by atoms with E-state index in [1.54, 1.807) is 0 Å². The van der Waals surface area contributed by atoms with Gasteiger partial charge in [-0.05, 0) is 50.7 Å². The van der Waals surface area contributed by atoms with Gasteiger partial charge in [-0.15, -0.1) is 0 Å². The summed E-state index contributed by atoms with van der Waals surface area (Å²) in [6.07, 6.45) is 5.41. The van der Waals surface area contributed by atoms with Crippen LogP contribution >= 0.6 is 0 Å². The van der Waals surface area contributed by atoms with E-state index in [1.165, 1.54) is 45.3 Å². The first-order chi connectivity index (χ1) is 4.85. The smallest absolute Gasteiger partial charge is 0.00134 e. The van der Waals surface area contributed by atoms with Crippen LogP contribution in [0, 0.1) is 12.3 Å². The Labute approximate surface area is 63.4 Å². The molecule has 1 radical (unpaired) electrons. The maximum absolute atomic E-state index is 4.06. The minimum atomic E-state index is 0.675. The van der Waals surface area contributed by atoms with Gasteiger partial charge in [-0.3, -0.25) is 0 Å². The molecule has 0 amide bonds. The molecule has 0 atom stereocenters. The van der Waals surface area contributed by atoms with E-state index in [2.05, 4.69) is 11.8 Å². The minimum Gasteiger partial charge on any atom is -0.303 e. The first kappa shape index (κ1) is 6.66. The van der Waals surface area contributed by atoms with E-state index in [0.717, 1.165) is 0 Å². The molecule has 0 aliphatic carbocycles. The molecular formula is C9H16N. The number of fused-ring (bicyclic) bond motifs is 3. The average Bonchev–Trinajstić information content (AvgIpc) is 2.08. The Hall–Kier alpha value is -0.0400. The highest BCUT2D eigenvalue weighted by Gasteiger charge is 2.37. The van der Waals surface area contributed by atoms with Crippen molar-refractivity contribution in [3.8, 4) is 0 Å². The predicted molar refractivity (Wildman–Crippen MR) is 42.7 cm³/mol. The van der Waals surface area contributed by atoms with Gasteiger partial charge in [0.2, 0.25) is 0 Å². The largest absolute Gasteiger partial charge is 0.303 e. The summed E-state index contributed by atoms with van der Waals surface area (Å²) in [5.74, 6) is 0. The summed E-state index contributed by atoms with van der Waals surface area (Å²) in [4.78, 5) is 2.58. The van der Waals surface area contributed by atoms with Crippen LogP contribution in [0.5, 0.6) is 0 Å². The zero-order chi connectivity index (χ0) is 7.03. The van der Waals surface area contributed by atoms with Crippen molar-refractivity contribution < 1.29 is 0 Å². The monoisotopic (exact) mass is 138 g/mol. The van der Waals surface area contributed by atoms with Crippen LogP contribution in [-0.2, 0) is 0 Å². The third-order valence-corrected chi connectivity index (χ3v) is 3.41. The standard InChI is InChI=1S/C9H16N/c1-2-9-3-6-10(7-4-9)8-5-9/h1-8H2. The highest BCUT2D eigenvalue weighted by atomic mass is 15.1. The number of hydrogen-bond donors (Lipinski definition) is 0. The van der Waals surface area contributed by atoms with Crippen molar-refractivity contribution >= 4 is 0 Å². The number of nitrogens with zero attached hydrogens (tertiary/aromatic N) is 1. The lowest BCUT2D eigenvalue weighted by atomic mass is 9.70. The molecule has 0 spiro atoms. The van der Waals surface area contributed by atoms with Crippen molar-refractivity contribution in [1.29, 1.82) is 0 Å². The fourth-order valence-corrected chi connectivity index (χ4v) is 2.27. The number of piperidine rings is 3. The summed E-state index contributed by atoms with van der Waals surface area (Å²) in [6, 6.07) is 0. The first-order valence-electron chi connectivity index (χ1n) is 4.36. The lowest BCUT2D eigenvalue weighted by molar-refractivity contribution is 0.0280. The molecule has 0 unspecified atom stereocenters. The Morgan fingerprint density at radius 2 is 1.60 bits per heavy atom. The summed E-state index contributed by atoms with van der Waals surface area (Å²) in [6.45, 7) is 8.09. The van der Waals surface area contributed by atoms with E-state index in [1.807, 2.05) is 0 Å². The second kappa shape index (κ2) is 2.23. The van der Waals surface area contributed by atoms with Crippen LogP contribution in [0.3, 0.4) is 0 Å². The molecule has 0 aromatic heterocycles. The van der Waals surface area contributed by atoms with Crippen molar-refractivity contribution in [2.24, 2.45) is 5.41 Å². The molecule has 10 heavy (non-hydrogen) atoms. The van der Waals surface area contributed by atoms with Crippen LogP contribution in [0.25, 0.3) is 0 Å². The molecule has 2 bridgehead atoms. The van der Waals surface area contributed by atoms with Crippen molar-refractivity contribution in [3.05, 3.63) is 6.92 Å². The Balaban J connectivity index is 2.08. The third kappa shape index (κ3) is 0.878. The second-order valence-corrected chi connectivity index (χ2v) is 3.84. The number of rotatable bonds is 1. The van der Waals surface area contributed by atoms with Crippen LogP contribution in [0.4, 0.5) is 0 Å². The molecule has 0 saturated carbocycles. The molecule has 57 valence electrons. The molecule has 1 heteroatoms. The molecular weight excluding hydrogens is 122 g/mol. The van der Waals surface area contributed by atoms with E-state index in [-0.39, 0.29) is 0 Å². The molecule has 3 heterocycles. The fourth-order valence-electron chi connectivity index (χ4n) is 2.27. The number of hydrogen-bond acceptors (Lipinski definition) is 1. The van der Waals surface area contributed by atoms with Gasteiger partial charge in [0.15, 0.2) is 0 Å². The fraction of sp³-hybridized carbons (Fsp3) is 0.889. The summed E-state index contributed by atoms with van der Waals surface area (Å²) in [7, 11) is 0. The van der Waals surface area contributed by atoms with E-state index in [9.17, 15) is 0 Å². The maximum atomic E-state index is 4.06. The van der Waals surface area contributed by atoms with Crippen molar-refractivity contribution in [3.63, 3.8) is 0 Å². The Bertz CT molecular complexity index is 109. The Morgan fingerprint density at radius 1 is 1.10 bits per heavy atom. The van der Waals surface area contributed by atoms with E-state index in [0.29, 0.717) is 5.41 Å². The van der Waals surface area contributed by atoms with Gasteiger partial charge < -0.3 is 4.90 Å². The summed E-state index contributed by atoms with van der Waals surface area (Å²) < 4.78 is 0. The molecule has 3 aliphatic rings. The molecule has 0 N–H and O–H groups in total. The predicted octanol–water partition coefficient (Wildman–Crippen LogP) is 1.70. The lowest BCUT2D eigenvalue weighted by Crippen LogP contribution is -2.47. The SMILES string of the molecule is [CH2]CC12CCN(CC1)CC2. The molecule has 3 fully saturated rings. The van der Waals surface area contributed by atoms with E-state index in [4.69, 9.17) is 0 Å². The van der Waals surface area contributed by atoms with Gasteiger partial charge in [-0.1, -0.05) is 6.92 Å². The quantitative estimate of drug-likeness (QED) is 0.533. The lowest BCUT2D eigenvalue weighted by Gasteiger charge is -2.48. The molecule has 1 nitrogen and oxygen atoms in total. The van der Waals surface area contributed by atoms with Crippen LogP contribution in [0.2, 0.25) is 0 Å². The maximum Gasteiger partial charge on any atom is -0.00134 e.